The summed E-state index contributed by atoms with van der Waals surface area (Å²) in [6, 6.07) is 5.46. The summed E-state index contributed by atoms with van der Waals surface area (Å²) in [5.41, 5.74) is 1.64. The van der Waals surface area contributed by atoms with Gasteiger partial charge in [-0.2, -0.15) is 0 Å². The van der Waals surface area contributed by atoms with Gasteiger partial charge in [-0.3, -0.25) is 9.00 Å². The third kappa shape index (κ3) is 5.00. The van der Waals surface area contributed by atoms with Crippen molar-refractivity contribution >= 4 is 32.6 Å². The number of carbonyl (C=O) groups is 1. The molecule has 0 saturated carbocycles. The van der Waals surface area contributed by atoms with Crippen molar-refractivity contribution < 1.29 is 9.00 Å². The second kappa shape index (κ2) is 6.31. The van der Waals surface area contributed by atoms with Crippen molar-refractivity contribution in [3.63, 3.8) is 0 Å². The Hall–Kier alpha value is -0.680. The molecular weight excluding hydrogens is 302 g/mol. The van der Waals surface area contributed by atoms with Gasteiger partial charge in [-0.05, 0) is 37.6 Å². The van der Waals surface area contributed by atoms with E-state index < -0.39 is 10.8 Å². The minimum absolute atomic E-state index is 0.0902. The van der Waals surface area contributed by atoms with Crippen LogP contribution in [0.15, 0.2) is 22.7 Å². The van der Waals surface area contributed by atoms with Crippen LogP contribution in [0.2, 0.25) is 0 Å². The SMILES string of the molecule is Cc1cc(Br)cc(C(=O)NC(C)CS(C)=O)c1. The zero-order valence-corrected chi connectivity index (χ0v) is 12.5. The monoisotopic (exact) mass is 317 g/mol. The molecule has 94 valence electrons. The molecule has 1 rings (SSSR count). The van der Waals surface area contributed by atoms with E-state index in [0.29, 0.717) is 11.3 Å². The van der Waals surface area contributed by atoms with Crippen LogP contribution >= 0.6 is 15.9 Å². The van der Waals surface area contributed by atoms with Crippen LogP contribution in [0.5, 0.6) is 0 Å². The summed E-state index contributed by atoms with van der Waals surface area (Å²) in [5, 5.41) is 2.83. The van der Waals surface area contributed by atoms with Gasteiger partial charge in [0, 0.05) is 38.9 Å². The molecule has 0 aromatic heterocycles. The zero-order chi connectivity index (χ0) is 13.0. The molecule has 0 aliphatic heterocycles. The number of nitrogens with one attached hydrogen (secondary N) is 1. The molecule has 0 bridgehead atoms. The lowest BCUT2D eigenvalue weighted by Gasteiger charge is -2.12. The van der Waals surface area contributed by atoms with Crippen LogP contribution < -0.4 is 5.32 Å². The highest BCUT2D eigenvalue weighted by molar-refractivity contribution is 9.10. The molecular formula is C12H16BrNO2S. The fourth-order valence-corrected chi connectivity index (χ4v) is 2.96. The third-order valence-corrected chi connectivity index (χ3v) is 3.59. The lowest BCUT2D eigenvalue weighted by molar-refractivity contribution is 0.0943. The third-order valence-electron chi connectivity index (χ3n) is 2.17. The van der Waals surface area contributed by atoms with Gasteiger partial charge in [-0.25, -0.2) is 0 Å². The van der Waals surface area contributed by atoms with Gasteiger partial charge in [0.15, 0.2) is 0 Å². The number of hydrogen-bond donors (Lipinski definition) is 1. The summed E-state index contributed by atoms with van der Waals surface area (Å²) in [6.07, 6.45) is 1.63. The zero-order valence-electron chi connectivity index (χ0n) is 10.1. The molecule has 1 N–H and O–H groups in total. The topological polar surface area (TPSA) is 46.2 Å². The molecule has 17 heavy (non-hydrogen) atoms. The van der Waals surface area contributed by atoms with Gasteiger partial charge >= 0.3 is 0 Å². The Bertz CT molecular complexity index is 428. The molecule has 1 aromatic rings. The summed E-state index contributed by atoms with van der Waals surface area (Å²) in [6.45, 7) is 3.79. The van der Waals surface area contributed by atoms with Crippen LogP contribution in [0.1, 0.15) is 22.8 Å². The quantitative estimate of drug-likeness (QED) is 0.925. The Labute approximate surface area is 113 Å². The van der Waals surface area contributed by atoms with Crippen molar-refractivity contribution in [1.82, 2.24) is 5.32 Å². The van der Waals surface area contributed by atoms with Crippen molar-refractivity contribution in [3.05, 3.63) is 33.8 Å². The number of hydrogen-bond acceptors (Lipinski definition) is 2. The maximum atomic E-state index is 11.9. The van der Waals surface area contributed by atoms with Crippen LogP contribution in [0.25, 0.3) is 0 Å². The molecule has 2 atom stereocenters. The second-order valence-electron chi connectivity index (χ2n) is 4.13. The molecule has 0 aliphatic carbocycles. The summed E-state index contributed by atoms with van der Waals surface area (Å²) in [7, 11) is -0.901. The van der Waals surface area contributed by atoms with E-state index >= 15 is 0 Å². The van der Waals surface area contributed by atoms with E-state index in [1.165, 1.54) is 0 Å². The number of aryl methyl sites for hydroxylation is 1. The average Bonchev–Trinajstić information content (AvgIpc) is 2.14. The van der Waals surface area contributed by atoms with Crippen LogP contribution in [0, 0.1) is 6.92 Å². The van der Waals surface area contributed by atoms with Gasteiger partial charge in [0.05, 0.1) is 0 Å². The number of carbonyl (C=O) groups excluding carboxylic acids is 1. The van der Waals surface area contributed by atoms with E-state index in [2.05, 4.69) is 21.2 Å². The standard InChI is InChI=1S/C12H16BrNO2S/c1-8-4-10(6-11(13)5-8)12(15)14-9(2)7-17(3)16/h4-6,9H,7H2,1-3H3,(H,14,15). The van der Waals surface area contributed by atoms with Gasteiger partial charge in [0.1, 0.15) is 0 Å². The van der Waals surface area contributed by atoms with Crippen molar-refractivity contribution in [2.45, 2.75) is 19.9 Å². The van der Waals surface area contributed by atoms with Crippen LogP contribution in [0.3, 0.4) is 0 Å². The molecule has 3 nitrogen and oxygen atoms in total. The van der Waals surface area contributed by atoms with Gasteiger partial charge in [0.25, 0.3) is 5.91 Å². The van der Waals surface area contributed by atoms with E-state index in [9.17, 15) is 9.00 Å². The van der Waals surface area contributed by atoms with Gasteiger partial charge in [0.2, 0.25) is 0 Å². The van der Waals surface area contributed by atoms with Crippen LogP contribution in [-0.2, 0) is 10.8 Å². The largest absolute Gasteiger partial charge is 0.349 e. The molecule has 2 unspecified atom stereocenters. The molecule has 5 heteroatoms. The Morgan fingerprint density at radius 1 is 1.47 bits per heavy atom. The van der Waals surface area contributed by atoms with Crippen molar-refractivity contribution in [1.29, 1.82) is 0 Å². The molecule has 0 saturated heterocycles. The first-order valence-corrected chi connectivity index (χ1v) is 7.78. The minimum atomic E-state index is -0.901. The van der Waals surface area contributed by atoms with Crippen LogP contribution in [0.4, 0.5) is 0 Å². The lowest BCUT2D eigenvalue weighted by Crippen LogP contribution is -2.36. The first kappa shape index (κ1) is 14.4. The van der Waals surface area contributed by atoms with Gasteiger partial charge < -0.3 is 5.32 Å². The summed E-state index contributed by atoms with van der Waals surface area (Å²) in [5.74, 6) is 0.339. The smallest absolute Gasteiger partial charge is 0.251 e. The molecule has 1 amide bonds. The summed E-state index contributed by atoms with van der Waals surface area (Å²) >= 11 is 3.36. The van der Waals surface area contributed by atoms with E-state index in [-0.39, 0.29) is 11.9 Å². The number of benzene rings is 1. The number of halogens is 1. The summed E-state index contributed by atoms with van der Waals surface area (Å²) in [4.78, 5) is 11.9. The average molecular weight is 318 g/mol. The van der Waals surface area contributed by atoms with Crippen molar-refractivity contribution in [2.24, 2.45) is 0 Å². The summed E-state index contributed by atoms with van der Waals surface area (Å²) < 4.78 is 11.9. The Kier molecular flexibility index (Phi) is 5.33. The van der Waals surface area contributed by atoms with E-state index in [1.54, 1.807) is 12.3 Å². The first-order valence-electron chi connectivity index (χ1n) is 5.26. The second-order valence-corrected chi connectivity index (χ2v) is 6.53. The van der Waals surface area contributed by atoms with Crippen molar-refractivity contribution in [2.75, 3.05) is 12.0 Å². The maximum absolute atomic E-state index is 11.9. The molecule has 0 heterocycles. The highest BCUT2D eigenvalue weighted by atomic mass is 79.9. The van der Waals surface area contributed by atoms with Crippen molar-refractivity contribution in [3.8, 4) is 0 Å². The van der Waals surface area contributed by atoms with Crippen LogP contribution in [-0.4, -0.2) is 28.2 Å². The lowest BCUT2D eigenvalue weighted by atomic mass is 10.1. The Balaban J connectivity index is 2.72. The Morgan fingerprint density at radius 3 is 2.65 bits per heavy atom. The predicted molar refractivity (Wildman–Crippen MR) is 74.7 cm³/mol. The fourth-order valence-electron chi connectivity index (χ4n) is 1.57. The van der Waals surface area contributed by atoms with E-state index in [1.807, 2.05) is 26.0 Å². The van der Waals surface area contributed by atoms with Gasteiger partial charge in [-0.1, -0.05) is 15.9 Å². The predicted octanol–water partition coefficient (Wildman–Crippen LogP) is 2.25. The number of amides is 1. The Morgan fingerprint density at radius 2 is 2.12 bits per heavy atom. The fraction of sp³-hybridized carbons (Fsp3) is 0.417. The first-order chi connectivity index (χ1) is 7.88. The van der Waals surface area contributed by atoms with E-state index in [0.717, 1.165) is 10.0 Å². The maximum Gasteiger partial charge on any atom is 0.251 e. The molecule has 0 radical (unpaired) electrons. The molecule has 1 aromatic carbocycles. The molecule has 0 fully saturated rings. The highest BCUT2D eigenvalue weighted by Crippen LogP contribution is 2.15. The highest BCUT2D eigenvalue weighted by Gasteiger charge is 2.11. The minimum Gasteiger partial charge on any atom is -0.349 e. The molecule has 0 aliphatic rings. The van der Waals surface area contributed by atoms with E-state index in [4.69, 9.17) is 0 Å². The normalized spacial score (nSPS) is 14.1. The number of rotatable bonds is 4. The molecule has 0 spiro atoms. The van der Waals surface area contributed by atoms with Gasteiger partial charge in [-0.15, -0.1) is 0 Å².